The minimum Gasteiger partial charge on any atom is -0.494 e. The SMILES string of the molecule is CCOc1ccc(C(F)(F)F)c(N2C(=O)CSC2=NC(=O)Nc2ccc(-c3ncn(-c4ccc(OC(F)(F)F)cc4)n3)cc2F)c1. The summed E-state index contributed by atoms with van der Waals surface area (Å²) in [4.78, 5) is 33.8. The lowest BCUT2D eigenvalue weighted by molar-refractivity contribution is -0.274. The van der Waals surface area contributed by atoms with Gasteiger partial charge >= 0.3 is 18.6 Å². The zero-order valence-electron chi connectivity index (χ0n) is 23.2. The Labute approximate surface area is 258 Å². The first-order valence-corrected chi connectivity index (χ1v) is 14.0. The van der Waals surface area contributed by atoms with Crippen LogP contribution < -0.4 is 19.7 Å². The van der Waals surface area contributed by atoms with Gasteiger partial charge in [-0.3, -0.25) is 9.69 Å². The molecule has 18 heteroatoms. The number of nitrogens with one attached hydrogen (secondary N) is 1. The van der Waals surface area contributed by atoms with Gasteiger partial charge in [-0.1, -0.05) is 11.8 Å². The van der Waals surface area contributed by atoms with E-state index in [0.717, 1.165) is 48.2 Å². The van der Waals surface area contributed by atoms with Crippen LogP contribution in [0, 0.1) is 5.82 Å². The summed E-state index contributed by atoms with van der Waals surface area (Å²) in [6, 6.07) is 10.0. The van der Waals surface area contributed by atoms with Crippen molar-refractivity contribution in [2.75, 3.05) is 22.6 Å². The van der Waals surface area contributed by atoms with Crippen LogP contribution >= 0.6 is 11.8 Å². The van der Waals surface area contributed by atoms with E-state index < -0.39 is 47.3 Å². The lowest BCUT2D eigenvalue weighted by atomic mass is 10.1. The summed E-state index contributed by atoms with van der Waals surface area (Å²) in [6.07, 6.45) is -8.44. The fourth-order valence-corrected chi connectivity index (χ4v) is 5.04. The van der Waals surface area contributed by atoms with Crippen LogP contribution in [0.2, 0.25) is 0 Å². The Morgan fingerprint density at radius 2 is 1.74 bits per heavy atom. The minimum atomic E-state index is -4.85. The van der Waals surface area contributed by atoms with Gasteiger partial charge in [-0.25, -0.2) is 18.9 Å². The number of halogens is 7. The maximum absolute atomic E-state index is 15.0. The molecule has 0 unspecified atom stereocenters. The quantitative estimate of drug-likeness (QED) is 0.210. The van der Waals surface area contributed by atoms with Crippen LogP contribution in [0.4, 0.5) is 46.9 Å². The van der Waals surface area contributed by atoms with Crippen molar-refractivity contribution in [2.45, 2.75) is 19.5 Å². The number of amides is 3. The van der Waals surface area contributed by atoms with Gasteiger partial charge in [0.05, 0.1) is 35.0 Å². The molecule has 2 heterocycles. The van der Waals surface area contributed by atoms with Crippen LogP contribution in [0.25, 0.3) is 17.1 Å². The Bertz CT molecular complexity index is 1810. The van der Waals surface area contributed by atoms with Gasteiger partial charge in [-0.15, -0.1) is 18.3 Å². The number of urea groups is 1. The second kappa shape index (κ2) is 12.7. The molecule has 1 saturated heterocycles. The number of nitrogens with zero attached hydrogens (tertiary/aromatic N) is 5. The molecule has 4 aromatic rings. The molecule has 240 valence electrons. The average molecular weight is 669 g/mol. The van der Waals surface area contributed by atoms with Crippen LogP contribution in [0.1, 0.15) is 12.5 Å². The fourth-order valence-electron chi connectivity index (χ4n) is 4.18. The number of hydrogen-bond donors (Lipinski definition) is 1. The lowest BCUT2D eigenvalue weighted by Crippen LogP contribution is -2.32. The summed E-state index contributed by atoms with van der Waals surface area (Å²) in [5, 5.41) is 6.02. The first-order valence-electron chi connectivity index (χ1n) is 13.0. The monoisotopic (exact) mass is 668 g/mol. The van der Waals surface area contributed by atoms with E-state index in [1.165, 1.54) is 35.3 Å². The molecule has 3 amide bonds. The molecule has 0 saturated carbocycles. The number of thioether (sulfide) groups is 1. The highest BCUT2D eigenvalue weighted by Crippen LogP contribution is 2.41. The number of hydrogen-bond acceptors (Lipinski definition) is 7. The standard InChI is InChI=1S/C28H19F7N6O4S/c1-2-44-18-8-9-19(27(30,31)32)22(12-18)41-23(42)13-46-26(41)38-25(43)37-21-10-3-15(11-20(21)29)24-36-14-40(39-24)16-4-6-17(7-5-16)45-28(33,34)35/h3-12,14H,2,13H2,1H3,(H,37,43). The number of rotatable bonds is 7. The zero-order chi connectivity index (χ0) is 33.2. The van der Waals surface area contributed by atoms with E-state index in [1.807, 2.05) is 0 Å². The van der Waals surface area contributed by atoms with Crippen molar-refractivity contribution >= 4 is 40.2 Å². The van der Waals surface area contributed by atoms with Crippen LogP contribution in [0.5, 0.6) is 11.5 Å². The maximum Gasteiger partial charge on any atom is 0.573 e. The molecular weight excluding hydrogens is 649 g/mol. The summed E-state index contributed by atoms with van der Waals surface area (Å²) in [5.74, 6) is -2.33. The Morgan fingerprint density at radius 1 is 1.02 bits per heavy atom. The molecule has 0 bridgehead atoms. The number of alkyl halides is 6. The van der Waals surface area contributed by atoms with Crippen molar-refractivity contribution in [2.24, 2.45) is 4.99 Å². The third-order valence-corrected chi connectivity index (χ3v) is 7.01. The number of aromatic nitrogens is 3. The van der Waals surface area contributed by atoms with Crippen molar-refractivity contribution in [1.82, 2.24) is 14.8 Å². The molecular formula is C28H19F7N6O4S. The predicted octanol–water partition coefficient (Wildman–Crippen LogP) is 7.06. The van der Waals surface area contributed by atoms with Crippen molar-refractivity contribution < 1.29 is 49.8 Å². The molecule has 0 aliphatic carbocycles. The van der Waals surface area contributed by atoms with E-state index in [0.29, 0.717) is 10.6 Å². The van der Waals surface area contributed by atoms with Gasteiger partial charge in [-0.05, 0) is 61.5 Å². The van der Waals surface area contributed by atoms with Gasteiger partial charge in [0.15, 0.2) is 11.0 Å². The molecule has 0 atom stereocenters. The number of benzene rings is 3. The molecule has 1 aliphatic heterocycles. The van der Waals surface area contributed by atoms with Gasteiger partial charge in [0, 0.05) is 11.6 Å². The second-order valence-electron chi connectivity index (χ2n) is 9.20. The first-order chi connectivity index (χ1) is 21.7. The molecule has 5 rings (SSSR count). The normalized spacial score (nSPS) is 14.6. The molecule has 1 fully saturated rings. The zero-order valence-corrected chi connectivity index (χ0v) is 24.0. The van der Waals surface area contributed by atoms with Gasteiger partial charge < -0.3 is 14.8 Å². The summed E-state index contributed by atoms with van der Waals surface area (Å²) < 4.78 is 104. The number of amidine groups is 1. The second-order valence-corrected chi connectivity index (χ2v) is 10.1. The molecule has 0 spiro atoms. The predicted molar refractivity (Wildman–Crippen MR) is 152 cm³/mol. The van der Waals surface area contributed by atoms with Gasteiger partial charge in [0.1, 0.15) is 23.6 Å². The van der Waals surface area contributed by atoms with E-state index >= 15 is 0 Å². The van der Waals surface area contributed by atoms with E-state index in [1.54, 1.807) is 6.92 Å². The summed E-state index contributed by atoms with van der Waals surface area (Å²) >= 11 is 0.726. The third-order valence-electron chi connectivity index (χ3n) is 6.08. The number of anilines is 2. The van der Waals surface area contributed by atoms with Gasteiger partial charge in [0.25, 0.3) is 0 Å². The van der Waals surface area contributed by atoms with Crippen LogP contribution in [0.15, 0.2) is 72.0 Å². The first kappa shape index (κ1) is 32.3. The third kappa shape index (κ3) is 7.39. The van der Waals surface area contributed by atoms with Crippen LogP contribution in [-0.4, -0.2) is 50.6 Å². The highest BCUT2D eigenvalue weighted by Gasteiger charge is 2.40. The van der Waals surface area contributed by atoms with Crippen LogP contribution in [0.3, 0.4) is 0 Å². The Balaban J connectivity index is 1.33. The number of carbonyl (C=O) groups is 2. The van der Waals surface area contributed by atoms with Crippen molar-refractivity contribution in [1.29, 1.82) is 0 Å². The van der Waals surface area contributed by atoms with Crippen molar-refractivity contribution in [3.8, 4) is 28.6 Å². The molecule has 0 radical (unpaired) electrons. The number of aliphatic imine (C=N–C) groups is 1. The highest BCUT2D eigenvalue weighted by molar-refractivity contribution is 8.15. The van der Waals surface area contributed by atoms with Crippen LogP contribution in [-0.2, 0) is 11.0 Å². The van der Waals surface area contributed by atoms with E-state index in [2.05, 4.69) is 25.1 Å². The molecule has 1 N–H and O–H groups in total. The largest absolute Gasteiger partial charge is 0.573 e. The Kier molecular flexibility index (Phi) is 8.91. The van der Waals surface area contributed by atoms with E-state index in [9.17, 15) is 40.3 Å². The van der Waals surface area contributed by atoms with E-state index in [4.69, 9.17) is 4.74 Å². The van der Waals surface area contributed by atoms with Gasteiger partial charge in [-0.2, -0.15) is 18.2 Å². The molecule has 1 aliphatic rings. The minimum absolute atomic E-state index is 0.0406. The topological polar surface area (TPSA) is 111 Å². The number of carbonyl (C=O) groups excluding carboxylic acids is 2. The molecule has 3 aromatic carbocycles. The smallest absolute Gasteiger partial charge is 0.494 e. The Morgan fingerprint density at radius 3 is 2.39 bits per heavy atom. The van der Waals surface area contributed by atoms with E-state index in [-0.39, 0.29) is 40.4 Å². The van der Waals surface area contributed by atoms with Gasteiger partial charge in [0.2, 0.25) is 5.91 Å². The summed E-state index contributed by atoms with van der Waals surface area (Å²) in [5.41, 5.74) is -1.55. The average Bonchev–Trinajstić information content (AvgIpc) is 3.60. The lowest BCUT2D eigenvalue weighted by Gasteiger charge is -2.22. The molecule has 46 heavy (non-hydrogen) atoms. The maximum atomic E-state index is 15.0. The fraction of sp³-hybridized carbons (Fsp3) is 0.179. The number of ether oxygens (including phenoxy) is 2. The highest BCUT2D eigenvalue weighted by atomic mass is 32.2. The van der Waals surface area contributed by atoms with Crippen molar-refractivity contribution in [3.05, 3.63) is 78.4 Å². The van der Waals surface area contributed by atoms with Crippen molar-refractivity contribution in [3.63, 3.8) is 0 Å². The summed E-state index contributed by atoms with van der Waals surface area (Å²) in [6.45, 7) is 1.78. The molecule has 10 nitrogen and oxygen atoms in total. The molecule has 1 aromatic heterocycles. The summed E-state index contributed by atoms with van der Waals surface area (Å²) in [7, 11) is 0. The Hall–Kier alpha value is -5.13.